The van der Waals surface area contributed by atoms with E-state index in [0.717, 1.165) is 23.6 Å². The summed E-state index contributed by atoms with van der Waals surface area (Å²) in [6.07, 6.45) is 0.0532. The van der Waals surface area contributed by atoms with Crippen LogP contribution in [0.15, 0.2) is 72.8 Å². The minimum absolute atomic E-state index is 0.0532. The molecular weight excluding hydrogens is 436 g/mol. The molecule has 0 radical (unpaired) electrons. The van der Waals surface area contributed by atoms with Crippen LogP contribution in [0.25, 0.3) is 11.3 Å². The van der Waals surface area contributed by atoms with Crippen LogP contribution in [0.2, 0.25) is 0 Å². The second-order valence-electron chi connectivity index (χ2n) is 8.25. The fourth-order valence-corrected chi connectivity index (χ4v) is 3.30. The standard InChI is InChI=1S/C25H27BFN3O4/c1-17-11-13-18(14-12-17)15-22(26(33)34)30-24(32)25(2,27)23(31)28-16-20-9-6-10-21(29-20)19-7-4-3-5-8-19/h3-14,22,33-34H,15-16H2,1-2H3,(H,28,31)(H,30,32)/t22-,25-/m0/s1. The maximum Gasteiger partial charge on any atom is 0.475 e. The van der Waals surface area contributed by atoms with Crippen LogP contribution in [0.5, 0.6) is 0 Å². The lowest BCUT2D eigenvalue weighted by Crippen LogP contribution is -2.57. The van der Waals surface area contributed by atoms with Gasteiger partial charge in [-0.05, 0) is 38.0 Å². The molecule has 2 atom stereocenters. The second-order valence-corrected chi connectivity index (χ2v) is 8.25. The number of halogens is 1. The molecule has 34 heavy (non-hydrogen) atoms. The van der Waals surface area contributed by atoms with Crippen molar-refractivity contribution in [3.8, 4) is 11.3 Å². The summed E-state index contributed by atoms with van der Waals surface area (Å²) in [5.41, 5.74) is 0.895. The Morgan fingerprint density at radius 3 is 2.32 bits per heavy atom. The van der Waals surface area contributed by atoms with Gasteiger partial charge in [0.25, 0.3) is 17.5 Å². The van der Waals surface area contributed by atoms with Gasteiger partial charge in [-0.2, -0.15) is 0 Å². The number of aryl methyl sites for hydroxylation is 1. The van der Waals surface area contributed by atoms with Crippen LogP contribution in [0.4, 0.5) is 4.39 Å². The van der Waals surface area contributed by atoms with Gasteiger partial charge in [0.2, 0.25) is 0 Å². The van der Waals surface area contributed by atoms with Gasteiger partial charge in [-0.15, -0.1) is 0 Å². The number of alkyl halides is 1. The molecule has 0 aliphatic rings. The summed E-state index contributed by atoms with van der Waals surface area (Å²) in [6, 6.07) is 22.0. The topological polar surface area (TPSA) is 112 Å². The molecule has 3 rings (SSSR count). The predicted molar refractivity (Wildman–Crippen MR) is 128 cm³/mol. The Morgan fingerprint density at radius 2 is 1.68 bits per heavy atom. The van der Waals surface area contributed by atoms with Crippen LogP contribution in [0.1, 0.15) is 23.7 Å². The van der Waals surface area contributed by atoms with Crippen molar-refractivity contribution >= 4 is 18.9 Å². The van der Waals surface area contributed by atoms with Gasteiger partial charge in [0.1, 0.15) is 0 Å². The van der Waals surface area contributed by atoms with E-state index in [9.17, 15) is 19.6 Å². The summed E-state index contributed by atoms with van der Waals surface area (Å²) >= 11 is 0. The highest BCUT2D eigenvalue weighted by atomic mass is 19.1. The van der Waals surface area contributed by atoms with E-state index in [2.05, 4.69) is 15.6 Å². The van der Waals surface area contributed by atoms with Gasteiger partial charge in [-0.1, -0.05) is 66.2 Å². The lowest BCUT2D eigenvalue weighted by molar-refractivity contribution is -0.144. The van der Waals surface area contributed by atoms with Crippen molar-refractivity contribution in [3.63, 3.8) is 0 Å². The minimum Gasteiger partial charge on any atom is -0.426 e. The largest absolute Gasteiger partial charge is 0.475 e. The quantitative estimate of drug-likeness (QED) is 0.287. The van der Waals surface area contributed by atoms with Gasteiger partial charge in [0, 0.05) is 5.56 Å². The number of pyridine rings is 1. The molecule has 1 aromatic heterocycles. The smallest absolute Gasteiger partial charge is 0.426 e. The Bertz CT molecular complexity index is 1120. The molecule has 0 aliphatic heterocycles. The van der Waals surface area contributed by atoms with Crippen LogP contribution in [-0.4, -0.2) is 45.6 Å². The van der Waals surface area contributed by atoms with E-state index < -0.39 is 30.5 Å². The molecule has 7 nitrogen and oxygen atoms in total. The highest BCUT2D eigenvalue weighted by Gasteiger charge is 2.43. The maximum atomic E-state index is 15.1. The van der Waals surface area contributed by atoms with Gasteiger partial charge in [-0.25, -0.2) is 4.39 Å². The van der Waals surface area contributed by atoms with E-state index in [1.54, 1.807) is 24.3 Å². The van der Waals surface area contributed by atoms with Crippen molar-refractivity contribution < 1.29 is 24.0 Å². The summed E-state index contributed by atoms with van der Waals surface area (Å²) in [5.74, 6) is -3.61. The molecule has 9 heteroatoms. The molecule has 3 aromatic rings. The Balaban J connectivity index is 1.62. The maximum absolute atomic E-state index is 15.1. The van der Waals surface area contributed by atoms with E-state index in [-0.39, 0.29) is 13.0 Å². The summed E-state index contributed by atoms with van der Waals surface area (Å²) in [6.45, 7) is 2.66. The van der Waals surface area contributed by atoms with Crippen molar-refractivity contribution in [2.75, 3.05) is 0 Å². The first-order valence-electron chi connectivity index (χ1n) is 10.9. The molecule has 0 fully saturated rings. The number of hydrogen-bond donors (Lipinski definition) is 4. The van der Waals surface area contributed by atoms with Gasteiger partial charge >= 0.3 is 7.12 Å². The number of nitrogens with zero attached hydrogens (tertiary/aromatic N) is 1. The van der Waals surface area contributed by atoms with Crippen molar-refractivity contribution in [3.05, 3.63) is 89.6 Å². The normalized spacial score (nSPS) is 13.4. The molecule has 1 heterocycles. The lowest BCUT2D eigenvalue weighted by Gasteiger charge is -2.24. The molecular formula is C25H27BFN3O4. The van der Waals surface area contributed by atoms with Crippen LogP contribution in [0, 0.1) is 6.92 Å². The van der Waals surface area contributed by atoms with E-state index >= 15 is 4.39 Å². The van der Waals surface area contributed by atoms with Crippen molar-refractivity contribution in [2.45, 2.75) is 38.4 Å². The van der Waals surface area contributed by atoms with Crippen LogP contribution in [-0.2, 0) is 22.6 Å². The highest BCUT2D eigenvalue weighted by molar-refractivity contribution is 6.43. The Kier molecular flexibility index (Phi) is 8.15. The summed E-state index contributed by atoms with van der Waals surface area (Å²) in [4.78, 5) is 29.5. The molecule has 0 saturated carbocycles. The van der Waals surface area contributed by atoms with Crippen LogP contribution < -0.4 is 10.6 Å². The first-order chi connectivity index (χ1) is 16.2. The average Bonchev–Trinajstić information content (AvgIpc) is 2.84. The number of carbonyl (C=O) groups excluding carboxylic acids is 2. The zero-order valence-electron chi connectivity index (χ0n) is 19.0. The summed E-state index contributed by atoms with van der Waals surface area (Å²) in [5, 5.41) is 24.0. The Labute approximate surface area is 198 Å². The van der Waals surface area contributed by atoms with Gasteiger partial charge in [0.05, 0.1) is 23.9 Å². The zero-order valence-corrected chi connectivity index (χ0v) is 19.0. The monoisotopic (exact) mass is 463 g/mol. The van der Waals surface area contributed by atoms with E-state index in [1.807, 2.05) is 55.5 Å². The van der Waals surface area contributed by atoms with Crippen molar-refractivity contribution in [1.82, 2.24) is 15.6 Å². The molecule has 176 valence electrons. The molecule has 0 aliphatic carbocycles. The number of nitrogens with one attached hydrogen (secondary N) is 2. The van der Waals surface area contributed by atoms with Crippen molar-refractivity contribution in [1.29, 1.82) is 0 Å². The van der Waals surface area contributed by atoms with Gasteiger partial charge < -0.3 is 20.7 Å². The number of carbonyl (C=O) groups is 2. The third-order valence-electron chi connectivity index (χ3n) is 5.41. The molecule has 0 unspecified atom stereocenters. The number of hydrogen-bond acceptors (Lipinski definition) is 5. The first kappa shape index (κ1) is 25.1. The zero-order chi connectivity index (χ0) is 24.7. The molecule has 0 bridgehead atoms. The van der Waals surface area contributed by atoms with E-state index in [1.165, 1.54) is 0 Å². The fraction of sp³-hybridized carbons (Fsp3) is 0.240. The number of amides is 2. The Morgan fingerprint density at radius 1 is 1.00 bits per heavy atom. The number of rotatable bonds is 9. The average molecular weight is 463 g/mol. The van der Waals surface area contributed by atoms with Gasteiger partial charge in [0.15, 0.2) is 0 Å². The summed E-state index contributed by atoms with van der Waals surface area (Å²) < 4.78 is 15.1. The van der Waals surface area contributed by atoms with Crippen LogP contribution >= 0.6 is 0 Å². The summed E-state index contributed by atoms with van der Waals surface area (Å²) in [7, 11) is -1.94. The molecule has 2 aromatic carbocycles. The molecule has 0 spiro atoms. The van der Waals surface area contributed by atoms with Crippen molar-refractivity contribution in [2.24, 2.45) is 0 Å². The Hall–Kier alpha value is -3.56. The third kappa shape index (κ3) is 6.49. The third-order valence-corrected chi connectivity index (χ3v) is 5.41. The minimum atomic E-state index is -2.93. The first-order valence-corrected chi connectivity index (χ1v) is 10.9. The van der Waals surface area contributed by atoms with E-state index in [4.69, 9.17) is 0 Å². The fourth-order valence-electron chi connectivity index (χ4n) is 3.30. The molecule has 4 N–H and O–H groups in total. The molecule has 0 saturated heterocycles. The predicted octanol–water partition coefficient (Wildman–Crippen LogP) is 2.14. The SMILES string of the molecule is Cc1ccc(C[C@H](NC(=O)[C@@](C)(F)C(=O)NCc2cccc(-c3ccccc3)n2)B(O)O)cc1. The molecule has 2 amide bonds. The number of benzene rings is 2. The lowest BCUT2D eigenvalue weighted by atomic mass is 9.75. The second kappa shape index (κ2) is 11.0. The van der Waals surface area contributed by atoms with E-state index in [0.29, 0.717) is 11.4 Å². The van der Waals surface area contributed by atoms with Crippen LogP contribution in [0.3, 0.4) is 0 Å². The van der Waals surface area contributed by atoms with Gasteiger partial charge in [-0.3, -0.25) is 14.6 Å². The number of aromatic nitrogens is 1. The highest BCUT2D eigenvalue weighted by Crippen LogP contribution is 2.17.